The lowest BCUT2D eigenvalue weighted by Gasteiger charge is -2.48. The van der Waals surface area contributed by atoms with Gasteiger partial charge in [-0.05, 0) is 18.8 Å². The van der Waals surface area contributed by atoms with Gasteiger partial charge >= 0.3 is 0 Å². The molecule has 2 fully saturated rings. The minimum absolute atomic E-state index is 0.509. The molecule has 0 spiro atoms. The van der Waals surface area contributed by atoms with Crippen LogP contribution in [0, 0.1) is 5.92 Å². The van der Waals surface area contributed by atoms with E-state index < -0.39 is 5.06 Å². The Morgan fingerprint density at radius 1 is 0.960 bits per heavy atom. The van der Waals surface area contributed by atoms with Gasteiger partial charge in [-0.25, -0.2) is 0 Å². The van der Waals surface area contributed by atoms with Gasteiger partial charge in [0, 0.05) is 22.9 Å². The lowest BCUT2D eigenvalue weighted by Crippen LogP contribution is -2.53. The Balaban J connectivity index is 1.58. The number of amidine groups is 1. The van der Waals surface area contributed by atoms with Crippen molar-refractivity contribution in [3.8, 4) is 0 Å². The number of fused-ring (bicyclic) bond motifs is 2. The average molecular weight is 350 g/mol. The van der Waals surface area contributed by atoms with E-state index in [2.05, 4.69) is 64.7 Å². The Morgan fingerprint density at radius 2 is 1.68 bits per heavy atom. The van der Waals surface area contributed by atoms with Gasteiger partial charge in [-0.2, -0.15) is 0 Å². The Bertz CT molecular complexity index is 779. The maximum absolute atomic E-state index is 6.22. The van der Waals surface area contributed by atoms with Crippen molar-refractivity contribution in [2.24, 2.45) is 11.1 Å². The largest absolute Gasteiger partial charge is 0.348 e. The molecular formula is C21H22N2OS. The number of benzene rings is 2. The van der Waals surface area contributed by atoms with Crippen LogP contribution in [-0.4, -0.2) is 22.5 Å². The van der Waals surface area contributed by atoms with Crippen LogP contribution in [0.2, 0.25) is 0 Å². The molecule has 0 radical (unpaired) electrons. The third kappa shape index (κ3) is 2.46. The molecule has 5 rings (SSSR count). The van der Waals surface area contributed by atoms with Gasteiger partial charge in [0.25, 0.3) is 5.06 Å². The average Bonchev–Trinajstić information content (AvgIpc) is 3.07. The summed E-state index contributed by atoms with van der Waals surface area (Å²) in [5, 5.41) is 4.73. The van der Waals surface area contributed by atoms with Crippen molar-refractivity contribution in [3.05, 3.63) is 71.8 Å². The Morgan fingerprint density at radius 3 is 2.48 bits per heavy atom. The highest BCUT2D eigenvalue weighted by Crippen LogP contribution is 2.55. The van der Waals surface area contributed by atoms with Gasteiger partial charge in [0.2, 0.25) is 0 Å². The van der Waals surface area contributed by atoms with Gasteiger partial charge in [-0.3, -0.25) is 0 Å². The fraction of sp³-hybridized carbons (Fsp3) is 0.381. The third-order valence-electron chi connectivity index (χ3n) is 5.60. The molecule has 0 aromatic heterocycles. The summed E-state index contributed by atoms with van der Waals surface area (Å²) in [5.74, 6) is 1.70. The minimum Gasteiger partial charge on any atom is -0.348 e. The zero-order valence-electron chi connectivity index (χ0n) is 14.2. The van der Waals surface area contributed by atoms with Crippen LogP contribution in [0.3, 0.4) is 0 Å². The summed E-state index contributed by atoms with van der Waals surface area (Å²) in [6.45, 7) is 1.03. The van der Waals surface area contributed by atoms with Crippen molar-refractivity contribution < 1.29 is 4.84 Å². The fourth-order valence-electron chi connectivity index (χ4n) is 4.33. The molecule has 1 aliphatic carbocycles. The number of nitrogens with zero attached hydrogens (tertiary/aromatic N) is 2. The number of hydrogen-bond donors (Lipinski definition) is 0. The van der Waals surface area contributed by atoms with E-state index in [9.17, 15) is 0 Å². The Hall–Kier alpha value is -1.94. The topological polar surface area (TPSA) is 24.8 Å². The van der Waals surface area contributed by atoms with Crippen LogP contribution in [0.15, 0.2) is 65.8 Å². The molecule has 2 aromatic rings. The lowest BCUT2D eigenvalue weighted by atomic mass is 9.87. The summed E-state index contributed by atoms with van der Waals surface area (Å²) in [6.07, 6.45) is 5.31. The number of oxime groups is 1. The molecule has 3 atom stereocenters. The molecule has 2 aliphatic heterocycles. The van der Waals surface area contributed by atoms with E-state index in [4.69, 9.17) is 4.84 Å². The maximum atomic E-state index is 6.22. The van der Waals surface area contributed by atoms with Crippen molar-refractivity contribution in [2.75, 3.05) is 6.54 Å². The number of thioether (sulfide) groups is 1. The molecule has 3 aliphatic rings. The normalized spacial score (nSPS) is 30.9. The summed E-state index contributed by atoms with van der Waals surface area (Å²) < 4.78 is 0. The second-order valence-corrected chi connectivity index (χ2v) is 8.53. The zero-order valence-corrected chi connectivity index (χ0v) is 15.0. The standard InChI is InChI=1S/C21H22N2OS/c1-3-9-16(10-4-1)20-22-24-21(18-12-5-2-6-13-18)23(20)15-17-11-7-8-14-19(17)25-21/h1-6,9-10,12-13,17,19H,7-8,11,14-15H2/t17-,19+,21-/m1/s1. The molecule has 0 unspecified atom stereocenters. The van der Waals surface area contributed by atoms with Gasteiger partial charge in [0.05, 0.1) is 0 Å². The van der Waals surface area contributed by atoms with Gasteiger partial charge in [-0.1, -0.05) is 90.4 Å². The van der Waals surface area contributed by atoms with E-state index in [-0.39, 0.29) is 0 Å². The van der Waals surface area contributed by atoms with E-state index in [1.165, 1.54) is 31.2 Å². The van der Waals surface area contributed by atoms with Crippen molar-refractivity contribution in [3.63, 3.8) is 0 Å². The Kier molecular flexibility index (Phi) is 3.74. The van der Waals surface area contributed by atoms with Crippen LogP contribution >= 0.6 is 11.8 Å². The number of hydrogen-bond acceptors (Lipinski definition) is 4. The predicted octanol–water partition coefficient (Wildman–Crippen LogP) is 4.80. The van der Waals surface area contributed by atoms with Crippen LogP contribution in [0.25, 0.3) is 0 Å². The highest BCUT2D eigenvalue weighted by molar-refractivity contribution is 8.00. The van der Waals surface area contributed by atoms with Crippen LogP contribution in [0.4, 0.5) is 0 Å². The quantitative estimate of drug-likeness (QED) is 0.778. The molecule has 0 bridgehead atoms. The Labute approximate surface area is 153 Å². The first kappa shape index (κ1) is 15.3. The number of rotatable bonds is 2. The SMILES string of the molecule is c1ccc(C2=NO[C@]3(c4ccccc4)S[C@H]4CCCC[C@@H]4CN23)cc1. The molecule has 2 heterocycles. The first-order chi connectivity index (χ1) is 12.4. The fourth-order valence-corrected chi connectivity index (χ4v) is 6.08. The van der Waals surface area contributed by atoms with E-state index in [0.717, 1.165) is 23.9 Å². The molecule has 1 saturated carbocycles. The van der Waals surface area contributed by atoms with Crippen LogP contribution in [0.1, 0.15) is 36.8 Å². The van der Waals surface area contributed by atoms with E-state index in [1.807, 2.05) is 17.8 Å². The van der Waals surface area contributed by atoms with Crippen molar-refractivity contribution in [1.82, 2.24) is 4.90 Å². The monoisotopic (exact) mass is 350 g/mol. The molecule has 0 amide bonds. The molecule has 2 aromatic carbocycles. The summed E-state index contributed by atoms with van der Waals surface area (Å²) in [4.78, 5) is 8.63. The molecule has 3 nitrogen and oxygen atoms in total. The van der Waals surface area contributed by atoms with Gasteiger partial charge in [0.15, 0.2) is 5.84 Å². The minimum atomic E-state index is -0.509. The van der Waals surface area contributed by atoms with Gasteiger partial charge in [0.1, 0.15) is 0 Å². The first-order valence-electron chi connectivity index (χ1n) is 9.19. The second kappa shape index (κ2) is 6.10. The molecular weight excluding hydrogens is 328 g/mol. The lowest BCUT2D eigenvalue weighted by molar-refractivity contribution is -0.0400. The summed E-state index contributed by atoms with van der Waals surface area (Å²) in [7, 11) is 0. The van der Waals surface area contributed by atoms with Gasteiger partial charge in [-0.15, -0.1) is 0 Å². The maximum Gasteiger partial charge on any atom is 0.285 e. The highest BCUT2D eigenvalue weighted by Gasteiger charge is 2.55. The van der Waals surface area contributed by atoms with Crippen molar-refractivity contribution in [1.29, 1.82) is 0 Å². The molecule has 0 N–H and O–H groups in total. The second-order valence-electron chi connectivity index (χ2n) is 7.13. The summed E-state index contributed by atoms with van der Waals surface area (Å²) >= 11 is 1.97. The third-order valence-corrected chi connectivity index (χ3v) is 7.38. The molecule has 4 heteroatoms. The van der Waals surface area contributed by atoms with E-state index in [0.29, 0.717) is 5.25 Å². The first-order valence-corrected chi connectivity index (χ1v) is 10.1. The summed E-state index contributed by atoms with van der Waals surface area (Å²) in [6, 6.07) is 21.0. The molecule has 128 valence electrons. The van der Waals surface area contributed by atoms with Crippen molar-refractivity contribution in [2.45, 2.75) is 36.0 Å². The molecule has 1 saturated heterocycles. The van der Waals surface area contributed by atoms with Crippen molar-refractivity contribution >= 4 is 17.6 Å². The summed E-state index contributed by atoms with van der Waals surface area (Å²) in [5.41, 5.74) is 2.33. The van der Waals surface area contributed by atoms with Crippen LogP contribution in [0.5, 0.6) is 0 Å². The highest BCUT2D eigenvalue weighted by atomic mass is 32.2. The zero-order chi connectivity index (χ0) is 16.7. The van der Waals surface area contributed by atoms with E-state index >= 15 is 0 Å². The van der Waals surface area contributed by atoms with Gasteiger partial charge < -0.3 is 9.74 Å². The van der Waals surface area contributed by atoms with Crippen LogP contribution in [-0.2, 0) is 9.89 Å². The molecule has 25 heavy (non-hydrogen) atoms. The van der Waals surface area contributed by atoms with Crippen LogP contribution < -0.4 is 0 Å². The predicted molar refractivity (Wildman–Crippen MR) is 102 cm³/mol. The van der Waals surface area contributed by atoms with E-state index in [1.54, 1.807) is 0 Å². The smallest absolute Gasteiger partial charge is 0.285 e.